The fourth-order valence-corrected chi connectivity index (χ4v) is 1.59. The van der Waals surface area contributed by atoms with Crippen molar-refractivity contribution in [2.75, 3.05) is 13.2 Å². The van der Waals surface area contributed by atoms with Crippen LogP contribution in [0.3, 0.4) is 0 Å². The molecule has 18 heavy (non-hydrogen) atoms. The number of benzene rings is 2. The first-order valence-electron chi connectivity index (χ1n) is 6.16. The monoisotopic (exact) mass is 241 g/mol. The van der Waals surface area contributed by atoms with Gasteiger partial charge in [0.25, 0.3) is 0 Å². The normalized spacial score (nSPS) is 16.6. The van der Waals surface area contributed by atoms with Crippen LogP contribution >= 0.6 is 0 Å². The van der Waals surface area contributed by atoms with Gasteiger partial charge in [0.15, 0.2) is 0 Å². The van der Waals surface area contributed by atoms with Crippen molar-refractivity contribution in [2.24, 2.45) is 0 Å². The van der Waals surface area contributed by atoms with Gasteiger partial charge >= 0.3 is 0 Å². The van der Waals surface area contributed by atoms with Crippen LogP contribution in [0.25, 0.3) is 0 Å². The van der Waals surface area contributed by atoms with Crippen LogP contribution in [0.1, 0.15) is 11.1 Å². The summed E-state index contributed by atoms with van der Waals surface area (Å²) in [6, 6.07) is 21.1. The maximum absolute atomic E-state index is 9.57. The first-order valence-corrected chi connectivity index (χ1v) is 6.16. The van der Waals surface area contributed by atoms with Crippen molar-refractivity contribution in [1.82, 2.24) is 0 Å². The number of hydrogen-bond donors (Lipinski definition) is 0. The van der Waals surface area contributed by atoms with Crippen LogP contribution in [0.4, 0.5) is 0 Å². The van der Waals surface area contributed by atoms with Gasteiger partial charge in [-0.25, -0.2) is 5.11 Å². The summed E-state index contributed by atoms with van der Waals surface area (Å²) in [5.41, 5.74) is 2.74. The van der Waals surface area contributed by atoms with Gasteiger partial charge in [-0.1, -0.05) is 60.7 Å². The van der Waals surface area contributed by atoms with E-state index in [0.29, 0.717) is 6.61 Å². The molecule has 1 aliphatic rings. The Kier molecular flexibility index (Phi) is 4.94. The van der Waals surface area contributed by atoms with Crippen LogP contribution in [0.5, 0.6) is 0 Å². The molecule has 1 saturated heterocycles. The minimum atomic E-state index is -0.0556. The van der Waals surface area contributed by atoms with Crippen molar-refractivity contribution in [3.05, 3.63) is 71.8 Å². The number of ether oxygens (including phenoxy) is 1. The first kappa shape index (κ1) is 12.8. The largest absolute Gasteiger partial charge is 0.370 e. The van der Waals surface area contributed by atoms with Gasteiger partial charge in [-0.15, -0.1) is 0 Å². The van der Waals surface area contributed by atoms with E-state index in [0.717, 1.165) is 6.42 Å². The van der Waals surface area contributed by atoms with Gasteiger partial charge in [-0.2, -0.15) is 0 Å². The van der Waals surface area contributed by atoms with E-state index in [1.54, 1.807) is 0 Å². The summed E-state index contributed by atoms with van der Waals surface area (Å²) in [7, 11) is 0. The highest BCUT2D eigenvalue weighted by molar-refractivity contribution is 5.25. The Morgan fingerprint density at radius 3 is 1.61 bits per heavy atom. The lowest BCUT2D eigenvalue weighted by Gasteiger charge is -2.00. The van der Waals surface area contributed by atoms with Gasteiger partial charge in [0.1, 0.15) is 12.7 Å². The summed E-state index contributed by atoms with van der Waals surface area (Å²) in [5, 5.41) is 9.57. The Morgan fingerprint density at radius 2 is 1.33 bits per heavy atom. The van der Waals surface area contributed by atoms with E-state index in [-0.39, 0.29) is 12.7 Å². The van der Waals surface area contributed by atoms with Crippen molar-refractivity contribution < 1.29 is 9.84 Å². The van der Waals surface area contributed by atoms with Crippen molar-refractivity contribution in [2.45, 2.75) is 12.5 Å². The second-order valence-electron chi connectivity index (χ2n) is 4.27. The summed E-state index contributed by atoms with van der Waals surface area (Å²) in [5.74, 6) is 0. The Balaban J connectivity index is 0.000000202. The fraction of sp³-hybridized carbons (Fsp3) is 0.250. The Hall–Kier alpha value is -1.64. The maximum Gasteiger partial charge on any atom is 0.111 e. The average molecular weight is 241 g/mol. The summed E-state index contributed by atoms with van der Waals surface area (Å²) in [6.07, 6.45) is 1.11. The van der Waals surface area contributed by atoms with E-state index in [9.17, 15) is 5.11 Å². The quantitative estimate of drug-likeness (QED) is 0.760. The van der Waals surface area contributed by atoms with Gasteiger partial charge in [0, 0.05) is 0 Å². The van der Waals surface area contributed by atoms with Gasteiger partial charge in [0.2, 0.25) is 0 Å². The summed E-state index contributed by atoms with van der Waals surface area (Å²) in [6.45, 7) is 0.642. The SMILES string of the molecule is [O]CC1CO1.c1ccc(Cc2ccccc2)cc1. The molecule has 1 atom stereocenters. The Morgan fingerprint density at radius 1 is 0.889 bits per heavy atom. The molecule has 1 aliphatic heterocycles. The smallest absolute Gasteiger partial charge is 0.111 e. The highest BCUT2D eigenvalue weighted by Crippen LogP contribution is 2.07. The lowest BCUT2D eigenvalue weighted by molar-refractivity contribution is 0.164. The van der Waals surface area contributed by atoms with Gasteiger partial charge in [-0.3, -0.25) is 0 Å². The molecule has 1 unspecified atom stereocenters. The van der Waals surface area contributed by atoms with Gasteiger partial charge in [0.05, 0.1) is 6.61 Å². The molecule has 0 amide bonds. The summed E-state index contributed by atoms with van der Waals surface area (Å²) in [4.78, 5) is 0. The molecule has 0 N–H and O–H groups in total. The van der Waals surface area contributed by atoms with Crippen molar-refractivity contribution in [3.8, 4) is 0 Å². The average Bonchev–Trinajstić information content (AvgIpc) is 3.26. The third kappa shape index (κ3) is 4.70. The Labute approximate surface area is 108 Å². The maximum atomic E-state index is 9.57. The van der Waals surface area contributed by atoms with Crippen molar-refractivity contribution in [3.63, 3.8) is 0 Å². The molecule has 93 valence electrons. The van der Waals surface area contributed by atoms with Crippen LogP contribution in [0, 0.1) is 0 Å². The third-order valence-corrected chi connectivity index (χ3v) is 2.68. The van der Waals surface area contributed by atoms with E-state index in [4.69, 9.17) is 0 Å². The van der Waals surface area contributed by atoms with Gasteiger partial charge in [-0.05, 0) is 17.5 Å². The molecule has 1 heterocycles. The molecular formula is C16H17O2. The molecule has 0 saturated carbocycles. The summed E-state index contributed by atoms with van der Waals surface area (Å²) >= 11 is 0. The molecule has 2 aromatic carbocycles. The molecule has 1 radical (unpaired) electrons. The number of hydrogen-bond acceptors (Lipinski definition) is 1. The fourth-order valence-electron chi connectivity index (χ4n) is 1.59. The van der Waals surface area contributed by atoms with Crippen molar-refractivity contribution >= 4 is 0 Å². The predicted octanol–water partition coefficient (Wildman–Crippen LogP) is 3.09. The highest BCUT2D eigenvalue weighted by atomic mass is 16.6. The van der Waals surface area contributed by atoms with Crippen molar-refractivity contribution in [1.29, 1.82) is 0 Å². The molecule has 2 nitrogen and oxygen atoms in total. The zero-order valence-corrected chi connectivity index (χ0v) is 10.3. The standard InChI is InChI=1S/C13H12.C3H5O2/c1-3-7-12(8-4-1)11-13-9-5-2-6-10-13;4-1-3-2-5-3/h1-10H,11H2;3H,1-2H2. The molecule has 0 aliphatic carbocycles. The van der Waals surface area contributed by atoms with E-state index in [2.05, 4.69) is 65.4 Å². The van der Waals surface area contributed by atoms with E-state index >= 15 is 0 Å². The van der Waals surface area contributed by atoms with Crippen LogP contribution in [-0.4, -0.2) is 19.3 Å². The molecule has 2 heteroatoms. The van der Waals surface area contributed by atoms with Gasteiger partial charge < -0.3 is 4.74 Å². The first-order chi connectivity index (χ1) is 8.88. The van der Waals surface area contributed by atoms with E-state index in [1.165, 1.54) is 11.1 Å². The molecule has 2 aromatic rings. The third-order valence-electron chi connectivity index (χ3n) is 2.68. The molecule has 3 rings (SSSR count). The zero-order valence-electron chi connectivity index (χ0n) is 10.3. The molecule has 1 fully saturated rings. The highest BCUT2D eigenvalue weighted by Gasteiger charge is 2.20. The Bertz CT molecular complexity index is 398. The van der Waals surface area contributed by atoms with E-state index in [1.807, 2.05) is 0 Å². The number of epoxide rings is 1. The lowest BCUT2D eigenvalue weighted by atomic mass is 10.1. The lowest BCUT2D eigenvalue weighted by Crippen LogP contribution is -1.86. The molecular weight excluding hydrogens is 224 g/mol. The summed E-state index contributed by atoms with van der Waals surface area (Å²) < 4.78 is 4.55. The predicted molar refractivity (Wildman–Crippen MR) is 71.0 cm³/mol. The van der Waals surface area contributed by atoms with Crippen LogP contribution in [-0.2, 0) is 16.3 Å². The topological polar surface area (TPSA) is 32.4 Å². The zero-order chi connectivity index (χ0) is 12.6. The molecule has 0 spiro atoms. The number of rotatable bonds is 3. The molecule has 0 bridgehead atoms. The van der Waals surface area contributed by atoms with Crippen LogP contribution in [0.15, 0.2) is 60.7 Å². The second-order valence-corrected chi connectivity index (χ2v) is 4.27. The van der Waals surface area contributed by atoms with Crippen LogP contribution in [0.2, 0.25) is 0 Å². The van der Waals surface area contributed by atoms with Crippen LogP contribution < -0.4 is 0 Å². The minimum Gasteiger partial charge on any atom is -0.370 e. The molecule has 0 aromatic heterocycles. The minimum absolute atomic E-state index is 0.0556. The second kappa shape index (κ2) is 6.94. The van der Waals surface area contributed by atoms with E-state index < -0.39 is 0 Å².